The molecule has 0 aromatic heterocycles. The van der Waals surface area contributed by atoms with E-state index in [1.807, 2.05) is 6.92 Å². The van der Waals surface area contributed by atoms with Crippen LogP contribution in [0.15, 0.2) is 0 Å². The van der Waals surface area contributed by atoms with Crippen molar-refractivity contribution in [2.45, 2.75) is 57.7 Å². The van der Waals surface area contributed by atoms with Gasteiger partial charge in [-0.2, -0.15) is 0 Å². The highest BCUT2D eigenvalue weighted by molar-refractivity contribution is 5.84. The maximum absolute atomic E-state index is 11.4. The van der Waals surface area contributed by atoms with Gasteiger partial charge in [0.15, 0.2) is 0 Å². The molecule has 1 saturated heterocycles. The van der Waals surface area contributed by atoms with E-state index in [0.29, 0.717) is 12.1 Å². The second-order valence-corrected chi connectivity index (χ2v) is 6.53. The lowest BCUT2D eigenvalue weighted by atomic mass is 9.94. The molecule has 1 rings (SSSR count). The molecular weight excluding hydrogens is 252 g/mol. The van der Waals surface area contributed by atoms with Crippen LogP contribution in [0.1, 0.15) is 40.0 Å². The molecule has 1 fully saturated rings. The normalized spacial score (nSPS) is 28.2. The highest BCUT2D eigenvalue weighted by Crippen LogP contribution is 2.16. The van der Waals surface area contributed by atoms with Gasteiger partial charge in [-0.05, 0) is 60.7 Å². The molecule has 0 aliphatic carbocycles. The van der Waals surface area contributed by atoms with Gasteiger partial charge in [-0.15, -0.1) is 0 Å². The Bertz CT molecular complexity index is 311. The summed E-state index contributed by atoms with van der Waals surface area (Å²) in [6, 6.07) is 1.24. The summed E-state index contributed by atoms with van der Waals surface area (Å²) in [5, 5.41) is 3.04. The topological polar surface area (TPSA) is 61.6 Å². The predicted octanol–water partition coefficient (Wildman–Crippen LogP) is 0.645. The van der Waals surface area contributed by atoms with E-state index >= 15 is 0 Å². The van der Waals surface area contributed by atoms with Gasteiger partial charge in [0.2, 0.25) is 5.91 Å². The number of hydrogen-bond donors (Lipinski definition) is 2. The molecule has 0 radical (unpaired) electrons. The fourth-order valence-electron chi connectivity index (χ4n) is 2.88. The Hall–Kier alpha value is -0.650. The van der Waals surface area contributed by atoms with Crippen LogP contribution in [-0.2, 0) is 4.79 Å². The average molecular weight is 284 g/mol. The van der Waals surface area contributed by atoms with E-state index in [9.17, 15) is 4.79 Å². The van der Waals surface area contributed by atoms with Crippen molar-refractivity contribution in [3.8, 4) is 0 Å². The van der Waals surface area contributed by atoms with Crippen LogP contribution in [0.4, 0.5) is 0 Å². The Labute approximate surface area is 123 Å². The summed E-state index contributed by atoms with van der Waals surface area (Å²) in [5.74, 6) is -0.262. The molecule has 5 heteroatoms. The number of piperazine rings is 1. The van der Waals surface area contributed by atoms with Gasteiger partial charge in [0.25, 0.3) is 0 Å². The van der Waals surface area contributed by atoms with Crippen molar-refractivity contribution in [1.29, 1.82) is 0 Å². The Balaban J connectivity index is 2.30. The summed E-state index contributed by atoms with van der Waals surface area (Å²) in [7, 11) is 4.01. The zero-order valence-electron chi connectivity index (χ0n) is 13.8. The van der Waals surface area contributed by atoms with Crippen LogP contribution in [0.5, 0.6) is 0 Å². The van der Waals surface area contributed by atoms with Crippen LogP contribution in [0.25, 0.3) is 0 Å². The number of likely N-dealkylation sites (N-methyl/N-ethyl adjacent to an activating group) is 2. The lowest BCUT2D eigenvalue weighted by Crippen LogP contribution is -2.55. The van der Waals surface area contributed by atoms with Crippen molar-refractivity contribution in [2.75, 3.05) is 33.7 Å². The number of nitrogens with zero attached hydrogens (tertiary/aromatic N) is 2. The van der Waals surface area contributed by atoms with Crippen molar-refractivity contribution in [3.63, 3.8) is 0 Å². The molecule has 0 saturated carbocycles. The SMILES string of the molecule is CNC(C)(CCCCN1CC(C)N(C)C(C)C1)C(N)=O. The summed E-state index contributed by atoms with van der Waals surface area (Å²) in [6.45, 7) is 9.85. The summed E-state index contributed by atoms with van der Waals surface area (Å²) in [5.41, 5.74) is 4.87. The van der Waals surface area contributed by atoms with Crippen LogP contribution in [0.2, 0.25) is 0 Å². The minimum Gasteiger partial charge on any atom is -0.368 e. The van der Waals surface area contributed by atoms with Crippen LogP contribution >= 0.6 is 0 Å². The molecule has 3 N–H and O–H groups in total. The van der Waals surface area contributed by atoms with Crippen molar-refractivity contribution >= 4 is 5.91 Å². The molecule has 5 nitrogen and oxygen atoms in total. The molecule has 0 bridgehead atoms. The van der Waals surface area contributed by atoms with Gasteiger partial charge in [0, 0.05) is 25.2 Å². The zero-order chi connectivity index (χ0) is 15.3. The molecule has 3 unspecified atom stereocenters. The predicted molar refractivity (Wildman–Crippen MR) is 83.6 cm³/mol. The zero-order valence-corrected chi connectivity index (χ0v) is 13.8. The van der Waals surface area contributed by atoms with Gasteiger partial charge in [0.05, 0.1) is 5.54 Å². The van der Waals surface area contributed by atoms with E-state index in [0.717, 1.165) is 38.9 Å². The summed E-state index contributed by atoms with van der Waals surface area (Å²) >= 11 is 0. The molecule has 0 aromatic rings. The van der Waals surface area contributed by atoms with Gasteiger partial charge in [-0.3, -0.25) is 9.69 Å². The maximum Gasteiger partial charge on any atom is 0.237 e. The highest BCUT2D eigenvalue weighted by Gasteiger charge is 2.29. The van der Waals surface area contributed by atoms with Crippen molar-refractivity contribution < 1.29 is 4.79 Å². The van der Waals surface area contributed by atoms with Crippen LogP contribution in [0, 0.1) is 0 Å². The van der Waals surface area contributed by atoms with Gasteiger partial charge in [-0.1, -0.05) is 0 Å². The van der Waals surface area contributed by atoms with Gasteiger partial charge < -0.3 is 16.0 Å². The number of rotatable bonds is 7. The lowest BCUT2D eigenvalue weighted by molar-refractivity contribution is -0.123. The summed E-state index contributed by atoms with van der Waals surface area (Å²) in [4.78, 5) is 16.4. The third kappa shape index (κ3) is 4.43. The molecule has 0 aromatic carbocycles. The number of carbonyl (C=O) groups is 1. The van der Waals surface area contributed by atoms with E-state index in [1.165, 1.54) is 0 Å². The van der Waals surface area contributed by atoms with Gasteiger partial charge in [-0.25, -0.2) is 0 Å². The van der Waals surface area contributed by atoms with Gasteiger partial charge >= 0.3 is 0 Å². The standard InChI is InChI=1S/C15H32N4O/c1-12-10-19(11-13(2)18(12)5)9-7-6-8-15(3,17-4)14(16)20/h12-13,17H,6-11H2,1-5H3,(H2,16,20). The number of amides is 1. The monoisotopic (exact) mass is 284 g/mol. The first-order valence-electron chi connectivity index (χ1n) is 7.73. The molecule has 1 heterocycles. The Morgan fingerprint density at radius 1 is 1.30 bits per heavy atom. The number of hydrogen-bond acceptors (Lipinski definition) is 4. The Morgan fingerprint density at radius 3 is 2.30 bits per heavy atom. The molecule has 1 amide bonds. The van der Waals surface area contributed by atoms with Crippen LogP contribution < -0.4 is 11.1 Å². The number of primary amides is 1. The fourth-order valence-corrected chi connectivity index (χ4v) is 2.88. The van der Waals surface area contributed by atoms with E-state index < -0.39 is 5.54 Å². The average Bonchev–Trinajstić information content (AvgIpc) is 2.40. The minimum atomic E-state index is -0.567. The maximum atomic E-state index is 11.4. The van der Waals surface area contributed by atoms with E-state index in [4.69, 9.17) is 5.73 Å². The molecule has 118 valence electrons. The van der Waals surface area contributed by atoms with Crippen molar-refractivity contribution in [1.82, 2.24) is 15.1 Å². The first-order chi connectivity index (χ1) is 9.30. The second-order valence-electron chi connectivity index (χ2n) is 6.53. The number of nitrogens with two attached hydrogens (primary N) is 1. The molecule has 1 aliphatic rings. The van der Waals surface area contributed by atoms with Crippen LogP contribution in [-0.4, -0.2) is 67.1 Å². The van der Waals surface area contributed by atoms with E-state index in [-0.39, 0.29) is 5.91 Å². The van der Waals surface area contributed by atoms with Crippen molar-refractivity contribution in [2.24, 2.45) is 5.73 Å². The highest BCUT2D eigenvalue weighted by atomic mass is 16.1. The lowest BCUT2D eigenvalue weighted by Gasteiger charge is -2.42. The molecule has 0 spiro atoms. The van der Waals surface area contributed by atoms with E-state index in [1.54, 1.807) is 7.05 Å². The second kappa shape index (κ2) is 7.38. The number of carbonyl (C=O) groups excluding carboxylic acids is 1. The smallest absolute Gasteiger partial charge is 0.237 e. The Kier molecular flexibility index (Phi) is 6.43. The first kappa shape index (κ1) is 17.4. The largest absolute Gasteiger partial charge is 0.368 e. The number of nitrogens with one attached hydrogen (secondary N) is 1. The summed E-state index contributed by atoms with van der Waals surface area (Å²) < 4.78 is 0. The van der Waals surface area contributed by atoms with Crippen molar-refractivity contribution in [3.05, 3.63) is 0 Å². The molecular formula is C15H32N4O. The molecule has 3 atom stereocenters. The number of unbranched alkanes of at least 4 members (excludes halogenated alkanes) is 1. The molecule has 1 aliphatic heterocycles. The first-order valence-corrected chi connectivity index (χ1v) is 7.73. The fraction of sp³-hybridized carbons (Fsp3) is 0.933. The summed E-state index contributed by atoms with van der Waals surface area (Å²) in [6.07, 6.45) is 2.95. The van der Waals surface area contributed by atoms with Gasteiger partial charge in [0.1, 0.15) is 0 Å². The minimum absolute atomic E-state index is 0.262. The Morgan fingerprint density at radius 2 is 1.85 bits per heavy atom. The van der Waals surface area contributed by atoms with Crippen LogP contribution in [0.3, 0.4) is 0 Å². The quantitative estimate of drug-likeness (QED) is 0.674. The third-order valence-electron chi connectivity index (χ3n) is 4.93. The van der Waals surface area contributed by atoms with E-state index in [2.05, 4.69) is 36.0 Å². The molecule has 20 heavy (non-hydrogen) atoms. The third-order valence-corrected chi connectivity index (χ3v) is 4.93.